The molecule has 9 heteroatoms. The maximum absolute atomic E-state index is 12.3. The minimum atomic E-state index is -0.916. The summed E-state index contributed by atoms with van der Waals surface area (Å²) in [6.07, 6.45) is 7.60. The number of nitrogens with zero attached hydrogens (tertiary/aromatic N) is 4. The second-order valence-electron chi connectivity index (χ2n) is 9.74. The van der Waals surface area contributed by atoms with Crippen LogP contribution >= 0.6 is 0 Å². The van der Waals surface area contributed by atoms with Crippen LogP contribution in [0.5, 0.6) is 0 Å². The molecule has 2 aliphatic rings. The zero-order valence-corrected chi connectivity index (χ0v) is 20.3. The Labute approximate surface area is 210 Å². The van der Waals surface area contributed by atoms with E-state index in [1.54, 1.807) is 11.0 Å². The molecule has 1 aliphatic heterocycles. The van der Waals surface area contributed by atoms with Gasteiger partial charge in [-0.3, -0.25) is 9.59 Å². The van der Waals surface area contributed by atoms with Gasteiger partial charge in [0.05, 0.1) is 11.5 Å². The number of amides is 1. The number of pyridine rings is 1. The molecule has 2 aromatic heterocycles. The van der Waals surface area contributed by atoms with Crippen LogP contribution in [0.2, 0.25) is 0 Å². The van der Waals surface area contributed by atoms with Crippen molar-refractivity contribution in [1.29, 1.82) is 0 Å². The quantitative estimate of drug-likeness (QED) is 0.352. The first-order valence-corrected chi connectivity index (χ1v) is 12.7. The Morgan fingerprint density at radius 2 is 2.03 bits per heavy atom. The fourth-order valence-electron chi connectivity index (χ4n) is 5.00. The third-order valence-corrected chi connectivity index (χ3v) is 7.25. The highest BCUT2D eigenvalue weighted by Gasteiger charge is 2.61. The number of aryl methyl sites for hydroxylation is 2. The standard InChI is InChI=1S/C27H32N6O3/c34-23(11-5-4-10-21-13-12-20-9-6-15-29-24(20)31-21)28-16-14-27(26(35)36)17-22(27)33-18-30-25(32-33)19-7-2-1-3-8-19/h1-3,7-8,12-13,18,22H,4-6,9-11,14-17H2,(H,28,34)(H,29,31)(H,35,36). The molecule has 2 atom stereocenters. The van der Waals surface area contributed by atoms with Gasteiger partial charge in [0.15, 0.2) is 5.82 Å². The number of unbranched alkanes of at least 4 members (excludes halogenated alkanes) is 1. The molecule has 36 heavy (non-hydrogen) atoms. The van der Waals surface area contributed by atoms with E-state index in [0.29, 0.717) is 31.6 Å². The third-order valence-electron chi connectivity index (χ3n) is 7.25. The van der Waals surface area contributed by atoms with Crippen molar-refractivity contribution in [3.05, 3.63) is 60.0 Å². The average molecular weight is 489 g/mol. The number of fused-ring (bicyclic) bond motifs is 1. The molecule has 0 spiro atoms. The molecule has 1 saturated carbocycles. The zero-order valence-electron chi connectivity index (χ0n) is 20.3. The van der Waals surface area contributed by atoms with Crippen LogP contribution in [-0.4, -0.2) is 49.8 Å². The average Bonchev–Trinajstić information content (AvgIpc) is 3.43. The Morgan fingerprint density at radius 1 is 1.17 bits per heavy atom. The molecule has 3 heterocycles. The van der Waals surface area contributed by atoms with Gasteiger partial charge in [-0.15, -0.1) is 0 Å². The lowest BCUT2D eigenvalue weighted by molar-refractivity contribution is -0.144. The van der Waals surface area contributed by atoms with E-state index in [-0.39, 0.29) is 11.9 Å². The number of hydrogen-bond acceptors (Lipinski definition) is 6. The van der Waals surface area contributed by atoms with E-state index in [0.717, 1.165) is 55.7 Å². The molecule has 9 nitrogen and oxygen atoms in total. The molecule has 188 valence electrons. The molecular weight excluding hydrogens is 456 g/mol. The highest BCUT2D eigenvalue weighted by molar-refractivity contribution is 5.79. The van der Waals surface area contributed by atoms with Crippen LogP contribution in [0.25, 0.3) is 11.4 Å². The monoisotopic (exact) mass is 488 g/mol. The summed E-state index contributed by atoms with van der Waals surface area (Å²) in [5, 5.41) is 20.7. The third kappa shape index (κ3) is 5.24. The van der Waals surface area contributed by atoms with Crippen molar-refractivity contribution in [1.82, 2.24) is 25.1 Å². The summed E-state index contributed by atoms with van der Waals surface area (Å²) in [7, 11) is 0. The van der Waals surface area contributed by atoms with E-state index in [4.69, 9.17) is 4.98 Å². The fraction of sp³-hybridized carbons (Fsp3) is 0.444. The lowest BCUT2D eigenvalue weighted by atomic mass is 10.0. The van der Waals surface area contributed by atoms with E-state index in [1.165, 1.54) is 5.56 Å². The van der Waals surface area contributed by atoms with Crippen molar-refractivity contribution in [2.45, 2.75) is 57.4 Å². The van der Waals surface area contributed by atoms with E-state index in [1.807, 2.05) is 30.3 Å². The summed E-state index contributed by atoms with van der Waals surface area (Å²) >= 11 is 0. The van der Waals surface area contributed by atoms with E-state index in [2.05, 4.69) is 32.8 Å². The highest BCUT2D eigenvalue weighted by atomic mass is 16.4. The number of aromatic nitrogens is 4. The largest absolute Gasteiger partial charge is 0.481 e. The van der Waals surface area contributed by atoms with Gasteiger partial charge >= 0.3 is 5.97 Å². The van der Waals surface area contributed by atoms with Gasteiger partial charge in [0.1, 0.15) is 12.1 Å². The predicted molar refractivity (Wildman–Crippen MR) is 135 cm³/mol. The van der Waals surface area contributed by atoms with Crippen molar-refractivity contribution < 1.29 is 14.7 Å². The van der Waals surface area contributed by atoms with Crippen LogP contribution in [0, 0.1) is 5.41 Å². The maximum Gasteiger partial charge on any atom is 0.311 e. The van der Waals surface area contributed by atoms with Gasteiger partial charge in [0.2, 0.25) is 5.91 Å². The lowest BCUT2D eigenvalue weighted by Crippen LogP contribution is -2.29. The summed E-state index contributed by atoms with van der Waals surface area (Å²) in [4.78, 5) is 33.4. The molecule has 1 fully saturated rings. The normalized spacial score (nSPS) is 20.3. The highest BCUT2D eigenvalue weighted by Crippen LogP contribution is 2.58. The van der Waals surface area contributed by atoms with Crippen LogP contribution < -0.4 is 10.6 Å². The Morgan fingerprint density at radius 3 is 2.86 bits per heavy atom. The molecule has 0 bridgehead atoms. The number of anilines is 1. The fourth-order valence-corrected chi connectivity index (χ4v) is 5.00. The summed E-state index contributed by atoms with van der Waals surface area (Å²) in [6, 6.07) is 13.6. The van der Waals surface area contributed by atoms with Gasteiger partial charge in [-0.05, 0) is 56.6 Å². The molecule has 1 aromatic carbocycles. The minimum absolute atomic E-state index is 0.0417. The molecule has 0 saturated heterocycles. The first-order valence-electron chi connectivity index (χ1n) is 12.7. The SMILES string of the molecule is O=C(CCCCc1ccc2c(n1)NCCC2)NCCC1(C(=O)O)CC1n1cnc(-c2ccccc2)n1. The van der Waals surface area contributed by atoms with Crippen LogP contribution in [-0.2, 0) is 22.4 Å². The molecule has 1 aliphatic carbocycles. The van der Waals surface area contributed by atoms with Crippen molar-refractivity contribution in [2.75, 3.05) is 18.4 Å². The molecule has 2 unspecified atom stereocenters. The molecule has 5 rings (SSSR count). The minimum Gasteiger partial charge on any atom is -0.481 e. The number of hydrogen-bond donors (Lipinski definition) is 3. The zero-order chi connectivity index (χ0) is 25.0. The van der Waals surface area contributed by atoms with E-state index in [9.17, 15) is 14.7 Å². The number of rotatable bonds is 11. The predicted octanol–water partition coefficient (Wildman–Crippen LogP) is 3.63. The Balaban J connectivity index is 1.05. The van der Waals surface area contributed by atoms with Gasteiger partial charge in [-0.1, -0.05) is 36.4 Å². The Kier molecular flexibility index (Phi) is 6.97. The van der Waals surface area contributed by atoms with Crippen LogP contribution in [0.15, 0.2) is 48.8 Å². The van der Waals surface area contributed by atoms with E-state index < -0.39 is 11.4 Å². The second-order valence-corrected chi connectivity index (χ2v) is 9.74. The topological polar surface area (TPSA) is 122 Å². The molecule has 3 aromatic rings. The summed E-state index contributed by atoms with van der Waals surface area (Å²) < 4.78 is 1.66. The summed E-state index contributed by atoms with van der Waals surface area (Å²) in [5.74, 6) is 0.687. The number of aliphatic carboxylic acids is 1. The Hall–Kier alpha value is -3.75. The molecule has 1 amide bonds. The van der Waals surface area contributed by atoms with Gasteiger partial charge in [-0.2, -0.15) is 5.10 Å². The number of carbonyl (C=O) groups is 2. The van der Waals surface area contributed by atoms with Crippen molar-refractivity contribution in [2.24, 2.45) is 5.41 Å². The molecular formula is C27H32N6O3. The number of carboxylic acid groups (broad SMARTS) is 1. The van der Waals surface area contributed by atoms with Crippen molar-refractivity contribution in [3.8, 4) is 11.4 Å². The smallest absolute Gasteiger partial charge is 0.311 e. The molecule has 0 radical (unpaired) electrons. The number of benzene rings is 1. The van der Waals surface area contributed by atoms with Crippen molar-refractivity contribution >= 4 is 17.7 Å². The maximum atomic E-state index is 12.3. The lowest BCUT2D eigenvalue weighted by Gasteiger charge is -2.17. The van der Waals surface area contributed by atoms with Crippen molar-refractivity contribution in [3.63, 3.8) is 0 Å². The van der Waals surface area contributed by atoms with Crippen LogP contribution in [0.3, 0.4) is 0 Å². The van der Waals surface area contributed by atoms with Gasteiger partial charge in [0.25, 0.3) is 0 Å². The number of nitrogens with one attached hydrogen (secondary N) is 2. The van der Waals surface area contributed by atoms with Gasteiger partial charge in [-0.25, -0.2) is 14.6 Å². The Bertz CT molecular complexity index is 1230. The first kappa shape index (κ1) is 24.0. The summed E-state index contributed by atoms with van der Waals surface area (Å²) in [6.45, 7) is 1.31. The van der Waals surface area contributed by atoms with Gasteiger partial charge in [0, 0.05) is 30.8 Å². The molecule has 3 N–H and O–H groups in total. The summed E-state index contributed by atoms with van der Waals surface area (Å²) in [5.41, 5.74) is 2.31. The van der Waals surface area contributed by atoms with E-state index >= 15 is 0 Å². The number of carbonyl (C=O) groups excluding carboxylic acids is 1. The van der Waals surface area contributed by atoms with Crippen LogP contribution in [0.1, 0.15) is 55.8 Å². The van der Waals surface area contributed by atoms with Gasteiger partial charge < -0.3 is 15.7 Å². The number of carboxylic acids is 1. The second kappa shape index (κ2) is 10.5. The van der Waals surface area contributed by atoms with Crippen LogP contribution in [0.4, 0.5) is 5.82 Å². The first-order chi connectivity index (χ1) is 17.5.